The maximum Gasteiger partial charge on any atom is 0.295 e. The Morgan fingerprint density at radius 2 is 1.79 bits per heavy atom. The summed E-state index contributed by atoms with van der Waals surface area (Å²) in [6.45, 7) is 6.98. The van der Waals surface area contributed by atoms with Gasteiger partial charge in [0.2, 0.25) is 0 Å². The Balaban J connectivity index is 1.79. The van der Waals surface area contributed by atoms with Crippen LogP contribution in [0.5, 0.6) is 5.75 Å². The van der Waals surface area contributed by atoms with Gasteiger partial charge in [0, 0.05) is 26.2 Å². The zero-order valence-electron chi connectivity index (χ0n) is 18.7. The lowest BCUT2D eigenvalue weighted by Gasteiger charge is -2.31. The van der Waals surface area contributed by atoms with Gasteiger partial charge in [0.05, 0.1) is 30.4 Å². The van der Waals surface area contributed by atoms with E-state index in [1.54, 1.807) is 12.1 Å². The Morgan fingerprint density at radius 3 is 2.48 bits per heavy atom. The number of hydrogen-bond donors (Lipinski definition) is 2. The number of aromatic hydroxyl groups is 1. The molecule has 2 N–H and O–H groups in total. The molecule has 0 bridgehead atoms. The fourth-order valence-corrected chi connectivity index (χ4v) is 4.34. The smallest absolute Gasteiger partial charge is 0.295 e. The number of Topliss-reactive ketones (excluding diaryl/α,β-unsaturated/α-hetero) is 1. The Hall–Kier alpha value is -3.23. The SMILES string of the molecule is Cc1cc(O)c(/C(O)=C2\C(=O)C(=O)N(CCN3CCOCC3)C2c2cccc(F)c2)cc1C. The summed E-state index contributed by atoms with van der Waals surface area (Å²) in [5.74, 6) is -2.81. The highest BCUT2D eigenvalue weighted by Gasteiger charge is 2.46. The third kappa shape index (κ3) is 4.49. The van der Waals surface area contributed by atoms with E-state index < -0.39 is 29.3 Å². The number of likely N-dealkylation sites (tertiary alicyclic amines) is 1. The Labute approximate surface area is 191 Å². The van der Waals surface area contributed by atoms with Crippen LogP contribution in [-0.2, 0) is 14.3 Å². The molecule has 4 rings (SSSR count). The number of aliphatic hydroxyl groups excluding tert-OH is 1. The van der Waals surface area contributed by atoms with E-state index in [1.807, 2.05) is 13.8 Å². The van der Waals surface area contributed by atoms with Crippen LogP contribution in [0.2, 0.25) is 0 Å². The number of phenolic OH excluding ortho intramolecular Hbond substituents is 1. The number of hydrogen-bond acceptors (Lipinski definition) is 6. The number of phenols is 1. The minimum atomic E-state index is -0.970. The largest absolute Gasteiger partial charge is 0.507 e. The first-order valence-electron chi connectivity index (χ1n) is 10.9. The van der Waals surface area contributed by atoms with Gasteiger partial charge in [-0.05, 0) is 54.8 Å². The normalized spacial score (nSPS) is 21.1. The topological polar surface area (TPSA) is 90.3 Å². The number of ether oxygens (including phenoxy) is 1. The van der Waals surface area contributed by atoms with Gasteiger partial charge in [-0.15, -0.1) is 0 Å². The van der Waals surface area contributed by atoms with Crippen molar-refractivity contribution in [3.63, 3.8) is 0 Å². The number of aliphatic hydroxyl groups is 1. The van der Waals surface area contributed by atoms with Gasteiger partial charge in [0.25, 0.3) is 11.7 Å². The second kappa shape index (κ2) is 9.33. The van der Waals surface area contributed by atoms with Crippen LogP contribution in [0.3, 0.4) is 0 Å². The van der Waals surface area contributed by atoms with Crippen molar-refractivity contribution < 1.29 is 28.9 Å². The van der Waals surface area contributed by atoms with Gasteiger partial charge < -0.3 is 19.8 Å². The summed E-state index contributed by atoms with van der Waals surface area (Å²) in [5, 5.41) is 21.6. The molecule has 8 heteroatoms. The van der Waals surface area contributed by atoms with Crippen LogP contribution < -0.4 is 0 Å². The monoisotopic (exact) mass is 454 g/mol. The highest BCUT2D eigenvalue weighted by atomic mass is 19.1. The quantitative estimate of drug-likeness (QED) is 0.410. The van der Waals surface area contributed by atoms with E-state index in [-0.39, 0.29) is 23.4 Å². The number of carbonyl (C=O) groups excluding carboxylic acids is 2. The molecular formula is C25H27FN2O5. The fraction of sp³-hybridized carbons (Fsp3) is 0.360. The molecule has 1 amide bonds. The summed E-state index contributed by atoms with van der Waals surface area (Å²) in [6, 6.07) is 7.75. The fourth-order valence-electron chi connectivity index (χ4n) is 4.34. The molecule has 0 spiro atoms. The molecule has 7 nitrogen and oxygen atoms in total. The van der Waals surface area contributed by atoms with Crippen molar-refractivity contribution in [2.45, 2.75) is 19.9 Å². The van der Waals surface area contributed by atoms with Crippen molar-refractivity contribution in [3.8, 4) is 5.75 Å². The van der Waals surface area contributed by atoms with Crippen LogP contribution in [-0.4, -0.2) is 71.1 Å². The minimum Gasteiger partial charge on any atom is -0.507 e. The van der Waals surface area contributed by atoms with Crippen molar-refractivity contribution in [1.29, 1.82) is 0 Å². The maximum absolute atomic E-state index is 14.1. The van der Waals surface area contributed by atoms with Crippen LogP contribution in [0.1, 0.15) is 28.3 Å². The molecular weight excluding hydrogens is 427 g/mol. The van der Waals surface area contributed by atoms with Crippen LogP contribution >= 0.6 is 0 Å². The van der Waals surface area contributed by atoms with Crippen LogP contribution in [0.4, 0.5) is 4.39 Å². The minimum absolute atomic E-state index is 0.0608. The summed E-state index contributed by atoms with van der Waals surface area (Å²) < 4.78 is 19.5. The first-order valence-corrected chi connectivity index (χ1v) is 10.9. The second-order valence-electron chi connectivity index (χ2n) is 8.46. The molecule has 2 saturated heterocycles. The summed E-state index contributed by atoms with van der Waals surface area (Å²) in [4.78, 5) is 29.6. The van der Waals surface area contributed by atoms with Gasteiger partial charge in [0.15, 0.2) is 0 Å². The molecule has 2 aromatic carbocycles. The van der Waals surface area contributed by atoms with Crippen LogP contribution in [0.25, 0.3) is 5.76 Å². The van der Waals surface area contributed by atoms with Gasteiger partial charge in [-0.2, -0.15) is 0 Å². The average molecular weight is 454 g/mol. The Morgan fingerprint density at radius 1 is 1.09 bits per heavy atom. The molecule has 2 aliphatic rings. The van der Waals surface area contributed by atoms with Gasteiger partial charge in [0.1, 0.15) is 17.3 Å². The summed E-state index contributed by atoms with van der Waals surface area (Å²) in [5.41, 5.74) is 1.90. The molecule has 1 atom stereocenters. The Kier molecular flexibility index (Phi) is 6.49. The molecule has 0 aromatic heterocycles. The van der Waals surface area contributed by atoms with E-state index in [2.05, 4.69) is 4.90 Å². The van der Waals surface area contributed by atoms with Gasteiger partial charge in [-0.3, -0.25) is 14.5 Å². The number of aryl methyl sites for hydroxylation is 2. The molecule has 2 heterocycles. The number of carbonyl (C=O) groups is 2. The van der Waals surface area contributed by atoms with Crippen LogP contribution in [0, 0.1) is 19.7 Å². The lowest BCUT2D eigenvalue weighted by Crippen LogP contribution is -2.42. The average Bonchev–Trinajstić information content (AvgIpc) is 3.05. The number of rotatable bonds is 5. The molecule has 174 valence electrons. The predicted molar refractivity (Wildman–Crippen MR) is 120 cm³/mol. The number of morpholine rings is 1. The summed E-state index contributed by atoms with van der Waals surface area (Å²) in [7, 11) is 0. The second-order valence-corrected chi connectivity index (χ2v) is 8.46. The maximum atomic E-state index is 14.1. The van der Waals surface area contributed by atoms with E-state index in [1.165, 1.54) is 29.2 Å². The molecule has 1 unspecified atom stereocenters. The van der Waals surface area contributed by atoms with Gasteiger partial charge >= 0.3 is 0 Å². The Bertz CT molecular complexity index is 1120. The molecule has 2 aromatic rings. The highest BCUT2D eigenvalue weighted by Crippen LogP contribution is 2.41. The number of nitrogens with zero attached hydrogens (tertiary/aromatic N) is 2. The van der Waals surface area contributed by atoms with E-state index in [4.69, 9.17) is 4.74 Å². The van der Waals surface area contributed by atoms with E-state index in [9.17, 15) is 24.2 Å². The molecule has 2 fully saturated rings. The van der Waals surface area contributed by atoms with Crippen molar-refractivity contribution in [3.05, 3.63) is 70.0 Å². The number of halogens is 1. The lowest BCUT2D eigenvalue weighted by atomic mass is 9.93. The summed E-state index contributed by atoms with van der Waals surface area (Å²) >= 11 is 0. The van der Waals surface area contributed by atoms with Gasteiger partial charge in [-0.25, -0.2) is 4.39 Å². The van der Waals surface area contributed by atoms with E-state index in [0.29, 0.717) is 38.4 Å². The van der Waals surface area contributed by atoms with Crippen molar-refractivity contribution >= 4 is 17.4 Å². The zero-order valence-corrected chi connectivity index (χ0v) is 18.7. The number of ketones is 1. The van der Waals surface area contributed by atoms with Crippen molar-refractivity contribution in [1.82, 2.24) is 9.80 Å². The third-order valence-corrected chi connectivity index (χ3v) is 6.33. The standard InChI is InChI=1S/C25H27FN2O5/c1-15-12-19(20(29)13-16(15)2)23(30)21-22(17-4-3-5-18(26)14-17)28(25(32)24(21)31)7-6-27-8-10-33-11-9-27/h3-5,12-14,22,29-30H,6-11H2,1-2H3/b23-21+. The molecule has 0 aliphatic carbocycles. The molecule has 2 aliphatic heterocycles. The lowest BCUT2D eigenvalue weighted by molar-refractivity contribution is -0.140. The predicted octanol–water partition coefficient (Wildman–Crippen LogP) is 2.90. The van der Waals surface area contributed by atoms with E-state index >= 15 is 0 Å². The third-order valence-electron chi connectivity index (χ3n) is 6.33. The van der Waals surface area contributed by atoms with E-state index in [0.717, 1.165) is 11.1 Å². The number of amides is 1. The first kappa shape index (κ1) is 22.9. The van der Waals surface area contributed by atoms with Crippen molar-refractivity contribution in [2.24, 2.45) is 0 Å². The molecule has 33 heavy (non-hydrogen) atoms. The van der Waals surface area contributed by atoms with Gasteiger partial charge in [-0.1, -0.05) is 12.1 Å². The first-order chi connectivity index (χ1) is 15.8. The molecule has 0 radical (unpaired) electrons. The highest BCUT2D eigenvalue weighted by molar-refractivity contribution is 6.46. The van der Waals surface area contributed by atoms with Crippen molar-refractivity contribution in [2.75, 3.05) is 39.4 Å². The van der Waals surface area contributed by atoms with Crippen LogP contribution in [0.15, 0.2) is 42.0 Å². The number of benzene rings is 2. The molecule has 0 saturated carbocycles. The zero-order chi connectivity index (χ0) is 23.7. The summed E-state index contributed by atoms with van der Waals surface area (Å²) in [6.07, 6.45) is 0.